The standard InChI is InChI=1S/C20H25ClN4O3.HI/c1-3-22-20(23-14-15-6-7-16(21)13-18(15)27-2)25-10-8-24(9-11-25)19(26)17-5-4-12-28-17;/h4-7,12-13H,3,8-11,14H2,1-2H3,(H,22,23);1H. The SMILES string of the molecule is CCNC(=NCc1ccc(Cl)cc1OC)N1CCN(C(=O)c2ccco2)CC1.I. The molecule has 29 heavy (non-hydrogen) atoms. The third-order valence-electron chi connectivity index (χ3n) is 4.58. The minimum atomic E-state index is -0.0718. The van der Waals surface area contributed by atoms with Crippen LogP contribution in [0.1, 0.15) is 23.0 Å². The number of halogens is 2. The number of carbonyl (C=O) groups is 1. The molecule has 1 aromatic heterocycles. The molecule has 0 bridgehead atoms. The van der Waals surface area contributed by atoms with Crippen molar-refractivity contribution in [2.75, 3.05) is 39.8 Å². The number of benzene rings is 1. The molecule has 3 rings (SSSR count). The van der Waals surface area contributed by atoms with Crippen LogP contribution in [0.3, 0.4) is 0 Å². The number of nitrogens with one attached hydrogen (secondary N) is 1. The molecule has 2 aromatic rings. The molecule has 1 saturated heterocycles. The largest absolute Gasteiger partial charge is 0.496 e. The first-order valence-electron chi connectivity index (χ1n) is 9.30. The van der Waals surface area contributed by atoms with Gasteiger partial charge in [-0.2, -0.15) is 0 Å². The van der Waals surface area contributed by atoms with E-state index in [9.17, 15) is 4.79 Å². The van der Waals surface area contributed by atoms with Crippen molar-refractivity contribution in [3.63, 3.8) is 0 Å². The van der Waals surface area contributed by atoms with Gasteiger partial charge in [-0.15, -0.1) is 24.0 Å². The van der Waals surface area contributed by atoms with E-state index in [4.69, 9.17) is 25.7 Å². The average molecular weight is 533 g/mol. The van der Waals surface area contributed by atoms with Gasteiger partial charge in [0.2, 0.25) is 0 Å². The van der Waals surface area contributed by atoms with E-state index in [2.05, 4.69) is 10.2 Å². The van der Waals surface area contributed by atoms with Crippen LogP contribution < -0.4 is 10.1 Å². The van der Waals surface area contributed by atoms with Crippen LogP contribution in [0.25, 0.3) is 0 Å². The van der Waals surface area contributed by atoms with Gasteiger partial charge in [-0.05, 0) is 31.2 Å². The highest BCUT2D eigenvalue weighted by Gasteiger charge is 2.25. The molecule has 1 aromatic carbocycles. The normalized spacial score (nSPS) is 14.4. The zero-order chi connectivity index (χ0) is 19.9. The van der Waals surface area contributed by atoms with Gasteiger partial charge in [0.1, 0.15) is 5.75 Å². The van der Waals surface area contributed by atoms with Crippen LogP contribution in [0.5, 0.6) is 5.75 Å². The molecule has 158 valence electrons. The van der Waals surface area contributed by atoms with Crippen LogP contribution in [-0.2, 0) is 6.54 Å². The summed E-state index contributed by atoms with van der Waals surface area (Å²) in [7, 11) is 1.62. The van der Waals surface area contributed by atoms with Crippen LogP contribution in [-0.4, -0.2) is 61.5 Å². The van der Waals surface area contributed by atoms with Gasteiger partial charge in [0, 0.05) is 43.3 Å². The van der Waals surface area contributed by atoms with Crippen molar-refractivity contribution in [2.24, 2.45) is 4.99 Å². The lowest BCUT2D eigenvalue weighted by Gasteiger charge is -2.36. The van der Waals surface area contributed by atoms with Crippen LogP contribution in [0.15, 0.2) is 46.0 Å². The number of ether oxygens (including phenoxy) is 1. The average Bonchev–Trinajstić information content (AvgIpc) is 3.26. The zero-order valence-corrected chi connectivity index (χ0v) is 19.6. The van der Waals surface area contributed by atoms with Crippen molar-refractivity contribution < 1.29 is 13.9 Å². The number of guanidine groups is 1. The fourth-order valence-corrected chi connectivity index (χ4v) is 3.27. The maximum atomic E-state index is 12.4. The number of methoxy groups -OCH3 is 1. The lowest BCUT2D eigenvalue weighted by molar-refractivity contribution is 0.0657. The number of hydrogen-bond acceptors (Lipinski definition) is 4. The lowest BCUT2D eigenvalue weighted by atomic mass is 10.2. The van der Waals surface area contributed by atoms with Crippen LogP contribution in [0, 0.1) is 0 Å². The predicted octanol–water partition coefficient (Wildman–Crippen LogP) is 3.48. The molecule has 1 aliphatic rings. The number of aliphatic imine (C=N–C) groups is 1. The second-order valence-corrected chi connectivity index (χ2v) is 6.82. The van der Waals surface area contributed by atoms with Gasteiger partial charge >= 0.3 is 0 Å². The lowest BCUT2D eigenvalue weighted by Crippen LogP contribution is -2.53. The number of rotatable bonds is 5. The Kier molecular flexibility index (Phi) is 9.09. The van der Waals surface area contributed by atoms with E-state index in [-0.39, 0.29) is 29.9 Å². The Bertz CT molecular complexity index is 821. The Labute approximate surface area is 193 Å². The number of piperazine rings is 1. The summed E-state index contributed by atoms with van der Waals surface area (Å²) in [5.41, 5.74) is 0.967. The first-order valence-corrected chi connectivity index (χ1v) is 9.68. The van der Waals surface area contributed by atoms with Crippen molar-refractivity contribution in [1.29, 1.82) is 0 Å². The minimum Gasteiger partial charge on any atom is -0.496 e. The predicted molar refractivity (Wildman–Crippen MR) is 124 cm³/mol. The maximum absolute atomic E-state index is 12.4. The molecule has 9 heteroatoms. The summed E-state index contributed by atoms with van der Waals surface area (Å²) in [5.74, 6) is 1.85. The monoisotopic (exact) mass is 532 g/mol. The van der Waals surface area contributed by atoms with Crippen molar-refractivity contribution >= 4 is 47.4 Å². The van der Waals surface area contributed by atoms with E-state index >= 15 is 0 Å². The summed E-state index contributed by atoms with van der Waals surface area (Å²) in [5, 5.41) is 3.96. The molecule has 1 fully saturated rings. The molecule has 1 amide bonds. The number of hydrogen-bond donors (Lipinski definition) is 1. The maximum Gasteiger partial charge on any atom is 0.289 e. The molecular weight excluding hydrogens is 507 g/mol. The van der Waals surface area contributed by atoms with Crippen molar-refractivity contribution in [3.8, 4) is 5.75 Å². The Balaban J connectivity index is 0.00000300. The Morgan fingerprint density at radius 2 is 1.97 bits per heavy atom. The summed E-state index contributed by atoms with van der Waals surface area (Å²) in [6.07, 6.45) is 1.52. The summed E-state index contributed by atoms with van der Waals surface area (Å²) >= 11 is 6.03. The summed E-state index contributed by atoms with van der Waals surface area (Å²) in [6, 6.07) is 8.97. The van der Waals surface area contributed by atoms with E-state index < -0.39 is 0 Å². The Morgan fingerprint density at radius 3 is 2.59 bits per heavy atom. The summed E-state index contributed by atoms with van der Waals surface area (Å²) < 4.78 is 10.6. The zero-order valence-electron chi connectivity index (χ0n) is 16.6. The highest BCUT2D eigenvalue weighted by atomic mass is 127. The highest BCUT2D eigenvalue weighted by molar-refractivity contribution is 14.0. The molecule has 0 unspecified atom stereocenters. The second kappa shape index (κ2) is 11.3. The quantitative estimate of drug-likeness (QED) is 0.363. The number of carbonyl (C=O) groups excluding carboxylic acids is 1. The third-order valence-corrected chi connectivity index (χ3v) is 4.82. The fourth-order valence-electron chi connectivity index (χ4n) is 3.11. The molecule has 1 N–H and O–H groups in total. The number of amides is 1. The van der Waals surface area contributed by atoms with Gasteiger partial charge in [-0.1, -0.05) is 17.7 Å². The van der Waals surface area contributed by atoms with Gasteiger partial charge in [-0.25, -0.2) is 4.99 Å². The first kappa shape index (κ1) is 23.3. The molecule has 0 aliphatic carbocycles. The van der Waals surface area contributed by atoms with Gasteiger partial charge < -0.3 is 24.3 Å². The number of furan rings is 1. The van der Waals surface area contributed by atoms with Gasteiger partial charge in [0.15, 0.2) is 11.7 Å². The van der Waals surface area contributed by atoms with E-state index in [0.717, 1.165) is 23.8 Å². The molecule has 0 saturated carbocycles. The molecule has 1 aliphatic heterocycles. The van der Waals surface area contributed by atoms with Gasteiger partial charge in [-0.3, -0.25) is 4.79 Å². The molecule has 7 nitrogen and oxygen atoms in total. The Morgan fingerprint density at radius 1 is 1.24 bits per heavy atom. The third kappa shape index (κ3) is 6.02. The van der Waals surface area contributed by atoms with Crippen LogP contribution in [0.4, 0.5) is 0 Å². The van der Waals surface area contributed by atoms with Crippen LogP contribution in [0.2, 0.25) is 5.02 Å². The van der Waals surface area contributed by atoms with E-state index in [1.165, 1.54) is 6.26 Å². The summed E-state index contributed by atoms with van der Waals surface area (Å²) in [6.45, 7) is 5.93. The van der Waals surface area contributed by atoms with Crippen molar-refractivity contribution in [2.45, 2.75) is 13.5 Å². The molecule has 0 spiro atoms. The number of nitrogens with zero attached hydrogens (tertiary/aromatic N) is 3. The van der Waals surface area contributed by atoms with E-state index in [1.807, 2.05) is 19.1 Å². The summed E-state index contributed by atoms with van der Waals surface area (Å²) in [4.78, 5) is 21.1. The molecular formula is C20H26ClIN4O3. The minimum absolute atomic E-state index is 0. The second-order valence-electron chi connectivity index (χ2n) is 6.38. The van der Waals surface area contributed by atoms with E-state index in [1.54, 1.807) is 30.2 Å². The van der Waals surface area contributed by atoms with Crippen molar-refractivity contribution in [3.05, 3.63) is 52.9 Å². The molecule has 0 atom stereocenters. The molecule has 2 heterocycles. The van der Waals surface area contributed by atoms with Gasteiger partial charge in [0.05, 0.1) is 19.9 Å². The van der Waals surface area contributed by atoms with Crippen molar-refractivity contribution in [1.82, 2.24) is 15.1 Å². The Hall–Kier alpha value is -1.94. The van der Waals surface area contributed by atoms with E-state index in [0.29, 0.717) is 43.5 Å². The smallest absolute Gasteiger partial charge is 0.289 e. The topological polar surface area (TPSA) is 70.3 Å². The first-order chi connectivity index (χ1) is 13.6. The van der Waals surface area contributed by atoms with Gasteiger partial charge in [0.25, 0.3) is 5.91 Å². The van der Waals surface area contributed by atoms with Crippen LogP contribution >= 0.6 is 35.6 Å². The highest BCUT2D eigenvalue weighted by Crippen LogP contribution is 2.23. The fraction of sp³-hybridized carbons (Fsp3) is 0.400. The molecule has 0 radical (unpaired) electrons.